The maximum absolute atomic E-state index is 13.3. The number of anilines is 1. The summed E-state index contributed by atoms with van der Waals surface area (Å²) in [5, 5.41) is 16.3. The monoisotopic (exact) mass is 440 g/mol. The number of nitro groups is 1. The van der Waals surface area contributed by atoms with Gasteiger partial charge in [-0.3, -0.25) is 24.6 Å². The second-order valence-electron chi connectivity index (χ2n) is 7.57. The second-order valence-corrected chi connectivity index (χ2v) is 7.57. The molecule has 1 unspecified atom stereocenters. The first-order valence-electron chi connectivity index (χ1n) is 9.97. The van der Waals surface area contributed by atoms with Crippen LogP contribution in [0.25, 0.3) is 0 Å². The Hall–Kier alpha value is -3.95. The number of nitrogens with one attached hydrogen (secondary N) is 2. The van der Waals surface area contributed by atoms with Crippen LogP contribution in [-0.4, -0.2) is 41.3 Å². The lowest BCUT2D eigenvalue weighted by atomic mass is 9.86. The van der Waals surface area contributed by atoms with Gasteiger partial charge in [-0.25, -0.2) is 4.79 Å². The van der Waals surface area contributed by atoms with Crippen LogP contribution in [0.3, 0.4) is 0 Å². The number of amides is 4. The minimum Gasteiger partial charge on any atom is -0.496 e. The number of ether oxygens (including phenoxy) is 1. The molecule has 0 radical (unpaired) electrons. The van der Waals surface area contributed by atoms with Gasteiger partial charge in [0.25, 0.3) is 11.6 Å². The van der Waals surface area contributed by atoms with Gasteiger partial charge in [0.05, 0.1) is 12.0 Å². The number of methoxy groups -OCH3 is 1. The highest BCUT2D eigenvalue weighted by atomic mass is 16.6. The number of carbonyl (C=O) groups is 3. The first-order valence-corrected chi connectivity index (χ1v) is 9.97. The molecule has 1 saturated heterocycles. The van der Waals surface area contributed by atoms with E-state index in [2.05, 4.69) is 10.6 Å². The van der Waals surface area contributed by atoms with Gasteiger partial charge < -0.3 is 15.4 Å². The third-order valence-corrected chi connectivity index (χ3v) is 5.57. The van der Waals surface area contributed by atoms with Crippen LogP contribution < -0.4 is 15.4 Å². The molecule has 2 aromatic rings. The van der Waals surface area contributed by atoms with Crippen LogP contribution in [0.15, 0.2) is 36.4 Å². The van der Waals surface area contributed by atoms with Gasteiger partial charge >= 0.3 is 6.03 Å². The molecular weight excluding hydrogens is 416 g/mol. The molecule has 1 aliphatic rings. The Morgan fingerprint density at radius 2 is 1.91 bits per heavy atom. The van der Waals surface area contributed by atoms with Crippen molar-refractivity contribution < 1.29 is 24.0 Å². The van der Waals surface area contributed by atoms with Crippen molar-refractivity contribution >= 4 is 29.2 Å². The van der Waals surface area contributed by atoms with E-state index in [1.165, 1.54) is 18.2 Å². The van der Waals surface area contributed by atoms with Crippen LogP contribution in [0.1, 0.15) is 30.0 Å². The number of imide groups is 1. The van der Waals surface area contributed by atoms with Crippen LogP contribution in [0.2, 0.25) is 0 Å². The van der Waals surface area contributed by atoms with Crippen molar-refractivity contribution in [3.8, 4) is 5.75 Å². The van der Waals surface area contributed by atoms with Crippen molar-refractivity contribution in [3.05, 3.63) is 63.2 Å². The molecule has 0 bridgehead atoms. The van der Waals surface area contributed by atoms with Gasteiger partial charge in [-0.15, -0.1) is 0 Å². The summed E-state index contributed by atoms with van der Waals surface area (Å²) in [6.07, 6.45) is 0.295. The molecule has 2 N–H and O–H groups in total. The Bertz CT molecular complexity index is 1120. The minimum absolute atomic E-state index is 0.0698. The van der Waals surface area contributed by atoms with Gasteiger partial charge in [-0.1, -0.05) is 13.0 Å². The van der Waals surface area contributed by atoms with Gasteiger partial charge in [-0.2, -0.15) is 0 Å². The Labute approximate surface area is 184 Å². The van der Waals surface area contributed by atoms with Gasteiger partial charge in [0, 0.05) is 17.3 Å². The van der Waals surface area contributed by atoms with Crippen molar-refractivity contribution in [1.82, 2.24) is 10.2 Å². The molecular formula is C22H24N4O6. The molecule has 0 saturated carbocycles. The number of nitro benzene ring substituents is 1. The summed E-state index contributed by atoms with van der Waals surface area (Å²) in [7, 11) is 1.55. The number of urea groups is 1. The molecule has 0 spiro atoms. The Balaban J connectivity index is 1.79. The summed E-state index contributed by atoms with van der Waals surface area (Å²) >= 11 is 0. The molecule has 1 atom stereocenters. The minimum atomic E-state index is -1.28. The maximum atomic E-state index is 13.3. The van der Waals surface area contributed by atoms with Crippen molar-refractivity contribution in [3.63, 3.8) is 0 Å². The molecule has 168 valence electrons. The fraction of sp³-hybridized carbons (Fsp3) is 0.318. The highest BCUT2D eigenvalue weighted by Crippen LogP contribution is 2.34. The normalized spacial score (nSPS) is 17.8. The summed E-state index contributed by atoms with van der Waals surface area (Å²) < 4.78 is 5.26. The summed E-state index contributed by atoms with van der Waals surface area (Å²) in [5.41, 5.74) is 0.772. The Kier molecular flexibility index (Phi) is 6.15. The number of hydrogen-bond donors (Lipinski definition) is 2. The zero-order chi connectivity index (χ0) is 23.6. The van der Waals surface area contributed by atoms with Gasteiger partial charge in [-0.05, 0) is 55.7 Å². The molecule has 32 heavy (non-hydrogen) atoms. The van der Waals surface area contributed by atoms with E-state index >= 15 is 0 Å². The topological polar surface area (TPSA) is 131 Å². The summed E-state index contributed by atoms with van der Waals surface area (Å²) in [4.78, 5) is 49.7. The zero-order valence-corrected chi connectivity index (χ0v) is 18.2. The molecule has 10 heteroatoms. The molecule has 0 aromatic heterocycles. The number of benzene rings is 2. The fourth-order valence-corrected chi connectivity index (χ4v) is 3.84. The summed E-state index contributed by atoms with van der Waals surface area (Å²) in [5.74, 6) is -0.462. The predicted octanol–water partition coefficient (Wildman–Crippen LogP) is 3.02. The smallest absolute Gasteiger partial charge is 0.325 e. The number of rotatable bonds is 7. The number of nitrogens with zero attached hydrogens (tertiary/aromatic N) is 2. The summed E-state index contributed by atoms with van der Waals surface area (Å²) in [6, 6.07) is 8.70. The molecule has 10 nitrogen and oxygen atoms in total. The highest BCUT2D eigenvalue weighted by molar-refractivity contribution is 6.10. The van der Waals surface area contributed by atoms with Crippen LogP contribution in [0.5, 0.6) is 5.75 Å². The van der Waals surface area contributed by atoms with Crippen molar-refractivity contribution in [2.75, 3.05) is 19.0 Å². The van der Waals surface area contributed by atoms with Crippen LogP contribution in [0, 0.1) is 24.0 Å². The zero-order valence-electron chi connectivity index (χ0n) is 18.2. The largest absolute Gasteiger partial charge is 0.496 e. The first kappa shape index (κ1) is 22.7. The molecule has 1 fully saturated rings. The standard InChI is InChI=1S/C22H24N4O6/c1-5-22(15-6-9-18(32-4)14(3)10-15)20(28)25(21(29)24-22)12-19(27)23-16-7-8-17(26(30)31)13(2)11-16/h6-11H,5,12H2,1-4H3,(H,23,27)(H,24,29). The van der Waals surface area contributed by atoms with Crippen LogP contribution in [0.4, 0.5) is 16.2 Å². The van der Waals surface area contributed by atoms with E-state index < -0.39 is 34.9 Å². The van der Waals surface area contributed by atoms with E-state index in [0.717, 1.165) is 10.5 Å². The van der Waals surface area contributed by atoms with Crippen LogP contribution in [-0.2, 0) is 15.1 Å². The van der Waals surface area contributed by atoms with Crippen LogP contribution >= 0.6 is 0 Å². The average molecular weight is 440 g/mol. The first-order chi connectivity index (χ1) is 15.1. The Morgan fingerprint density at radius 1 is 1.19 bits per heavy atom. The summed E-state index contributed by atoms with van der Waals surface area (Å²) in [6.45, 7) is 4.68. The molecule has 3 rings (SSSR count). The van der Waals surface area contributed by atoms with Gasteiger partial charge in [0.1, 0.15) is 17.8 Å². The van der Waals surface area contributed by atoms with Gasteiger partial charge in [0.15, 0.2) is 0 Å². The van der Waals surface area contributed by atoms with E-state index in [1.807, 2.05) is 6.92 Å². The lowest BCUT2D eigenvalue weighted by Gasteiger charge is -2.26. The molecule has 4 amide bonds. The quantitative estimate of drug-likeness (QED) is 0.387. The third-order valence-electron chi connectivity index (χ3n) is 5.57. The average Bonchev–Trinajstić information content (AvgIpc) is 2.98. The molecule has 1 aliphatic heterocycles. The molecule has 0 aliphatic carbocycles. The number of hydrogen-bond acceptors (Lipinski definition) is 6. The van der Waals surface area contributed by atoms with Gasteiger partial charge in [0.2, 0.25) is 5.91 Å². The molecule has 2 aromatic carbocycles. The molecule has 1 heterocycles. The third kappa shape index (κ3) is 3.98. The van der Waals surface area contributed by atoms with Crippen molar-refractivity contribution in [2.45, 2.75) is 32.7 Å². The van der Waals surface area contributed by atoms with E-state index in [0.29, 0.717) is 29.0 Å². The van der Waals surface area contributed by atoms with E-state index in [9.17, 15) is 24.5 Å². The SMILES string of the molecule is CCC1(c2ccc(OC)c(C)c2)NC(=O)N(CC(=O)Nc2ccc([N+](=O)[O-])c(C)c2)C1=O. The highest BCUT2D eigenvalue weighted by Gasteiger charge is 2.51. The Morgan fingerprint density at radius 3 is 2.47 bits per heavy atom. The lowest BCUT2D eigenvalue weighted by Crippen LogP contribution is -2.44. The lowest BCUT2D eigenvalue weighted by molar-refractivity contribution is -0.385. The van der Waals surface area contributed by atoms with E-state index in [1.54, 1.807) is 39.2 Å². The fourth-order valence-electron chi connectivity index (χ4n) is 3.84. The number of aryl methyl sites for hydroxylation is 2. The van der Waals surface area contributed by atoms with E-state index in [-0.39, 0.29) is 5.69 Å². The van der Waals surface area contributed by atoms with Crippen molar-refractivity contribution in [2.24, 2.45) is 0 Å². The maximum Gasteiger partial charge on any atom is 0.325 e. The van der Waals surface area contributed by atoms with Crippen molar-refractivity contribution in [1.29, 1.82) is 0 Å². The second kappa shape index (κ2) is 8.66. The number of carbonyl (C=O) groups excluding carboxylic acids is 3. The van der Waals surface area contributed by atoms with E-state index in [4.69, 9.17) is 4.74 Å². The predicted molar refractivity (Wildman–Crippen MR) is 116 cm³/mol.